The van der Waals surface area contributed by atoms with Gasteiger partial charge in [-0.05, 0) is 58.7 Å². The summed E-state index contributed by atoms with van der Waals surface area (Å²) in [6.45, 7) is 1.94. The van der Waals surface area contributed by atoms with E-state index in [-0.39, 0.29) is 5.91 Å². The molecular formula is C13H10Br2N2O. The minimum atomic E-state index is -0.215. The van der Waals surface area contributed by atoms with Crippen molar-refractivity contribution in [1.29, 1.82) is 0 Å². The number of carbonyl (C=O) groups excluding carboxylic acids is 1. The molecule has 0 radical (unpaired) electrons. The van der Waals surface area contributed by atoms with Crippen molar-refractivity contribution in [2.75, 3.05) is 5.32 Å². The van der Waals surface area contributed by atoms with E-state index in [0.717, 1.165) is 20.2 Å². The van der Waals surface area contributed by atoms with Crippen molar-refractivity contribution < 1.29 is 4.79 Å². The number of halogens is 2. The first-order valence-corrected chi connectivity index (χ1v) is 6.84. The maximum absolute atomic E-state index is 12.0. The summed E-state index contributed by atoms with van der Waals surface area (Å²) in [7, 11) is 0. The zero-order valence-corrected chi connectivity index (χ0v) is 12.7. The van der Waals surface area contributed by atoms with E-state index in [4.69, 9.17) is 0 Å². The van der Waals surface area contributed by atoms with Gasteiger partial charge in [-0.3, -0.25) is 4.79 Å². The average molecular weight is 370 g/mol. The number of hydrogen-bond acceptors (Lipinski definition) is 2. The predicted molar refractivity (Wildman–Crippen MR) is 78.8 cm³/mol. The second-order valence-corrected chi connectivity index (χ2v) is 5.61. The molecule has 0 aliphatic heterocycles. The fourth-order valence-corrected chi connectivity index (χ4v) is 2.17. The number of pyridine rings is 1. The number of rotatable bonds is 2. The Morgan fingerprint density at radius 3 is 2.50 bits per heavy atom. The molecule has 0 aliphatic rings. The first-order chi connectivity index (χ1) is 8.56. The van der Waals surface area contributed by atoms with Gasteiger partial charge in [-0.15, -0.1) is 0 Å². The Labute approximate surface area is 122 Å². The third-order valence-corrected chi connectivity index (χ3v) is 3.36. The van der Waals surface area contributed by atoms with Crippen molar-refractivity contribution in [3.05, 3.63) is 56.7 Å². The van der Waals surface area contributed by atoms with E-state index in [1.165, 1.54) is 0 Å². The number of anilines is 1. The van der Waals surface area contributed by atoms with Gasteiger partial charge in [0.2, 0.25) is 0 Å². The molecule has 0 unspecified atom stereocenters. The highest BCUT2D eigenvalue weighted by Gasteiger charge is 2.08. The van der Waals surface area contributed by atoms with Gasteiger partial charge >= 0.3 is 0 Å². The van der Waals surface area contributed by atoms with E-state index in [2.05, 4.69) is 42.2 Å². The quantitative estimate of drug-likeness (QED) is 0.863. The topological polar surface area (TPSA) is 42.0 Å². The molecule has 5 heteroatoms. The Hall–Kier alpha value is -1.20. The van der Waals surface area contributed by atoms with Gasteiger partial charge in [0, 0.05) is 20.8 Å². The molecule has 2 rings (SSSR count). The Morgan fingerprint density at radius 2 is 1.89 bits per heavy atom. The van der Waals surface area contributed by atoms with E-state index in [9.17, 15) is 4.79 Å². The molecule has 0 saturated carbocycles. The molecule has 0 fully saturated rings. The van der Waals surface area contributed by atoms with Crippen molar-refractivity contribution in [1.82, 2.24) is 4.98 Å². The minimum absolute atomic E-state index is 0.215. The Balaban J connectivity index is 2.18. The Morgan fingerprint density at radius 1 is 1.17 bits per heavy atom. The number of benzene rings is 1. The van der Waals surface area contributed by atoms with Crippen LogP contribution in [-0.2, 0) is 0 Å². The molecule has 0 bridgehead atoms. The zero-order chi connectivity index (χ0) is 13.1. The summed E-state index contributed by atoms with van der Waals surface area (Å²) in [5.74, 6) is -0.215. The lowest BCUT2D eigenvalue weighted by Crippen LogP contribution is -2.14. The summed E-state index contributed by atoms with van der Waals surface area (Å²) in [5, 5.41) is 2.84. The van der Waals surface area contributed by atoms with Crippen LogP contribution >= 0.6 is 31.9 Å². The van der Waals surface area contributed by atoms with Crippen LogP contribution in [0.2, 0.25) is 0 Å². The van der Waals surface area contributed by atoms with E-state index in [1.54, 1.807) is 18.3 Å². The molecule has 1 aromatic carbocycles. The molecule has 3 nitrogen and oxygen atoms in total. The highest BCUT2D eigenvalue weighted by Crippen LogP contribution is 2.20. The second-order valence-electron chi connectivity index (χ2n) is 3.78. The molecule has 0 aliphatic carbocycles. The summed E-state index contributed by atoms with van der Waals surface area (Å²) < 4.78 is 1.83. The van der Waals surface area contributed by atoms with Crippen LogP contribution in [0.15, 0.2) is 45.5 Å². The van der Waals surface area contributed by atoms with Crippen LogP contribution in [0.5, 0.6) is 0 Å². The first kappa shape index (κ1) is 13.2. The first-order valence-electron chi connectivity index (χ1n) is 5.25. The Kier molecular flexibility index (Phi) is 4.14. The highest BCUT2D eigenvalue weighted by atomic mass is 79.9. The van der Waals surface area contributed by atoms with Crippen LogP contribution in [-0.4, -0.2) is 10.9 Å². The lowest BCUT2D eigenvalue weighted by atomic mass is 10.2. The van der Waals surface area contributed by atoms with Gasteiger partial charge in [0.25, 0.3) is 5.91 Å². The molecule has 18 heavy (non-hydrogen) atoms. The van der Waals surface area contributed by atoms with Crippen LogP contribution in [0.3, 0.4) is 0 Å². The number of nitrogens with zero attached hydrogens (tertiary/aromatic N) is 1. The smallest absolute Gasteiger partial charge is 0.274 e. The molecule has 1 heterocycles. The van der Waals surface area contributed by atoms with Gasteiger partial charge in [0.15, 0.2) is 0 Å². The third kappa shape index (κ3) is 3.17. The van der Waals surface area contributed by atoms with Crippen molar-refractivity contribution in [2.45, 2.75) is 6.92 Å². The molecule has 0 saturated heterocycles. The number of aryl methyl sites for hydroxylation is 1. The number of carbonyl (C=O) groups is 1. The summed E-state index contributed by atoms with van der Waals surface area (Å²) in [6.07, 6.45) is 1.60. The molecule has 1 N–H and O–H groups in total. The van der Waals surface area contributed by atoms with Gasteiger partial charge in [-0.25, -0.2) is 4.98 Å². The monoisotopic (exact) mass is 368 g/mol. The molecular weight excluding hydrogens is 360 g/mol. The van der Waals surface area contributed by atoms with Crippen LogP contribution in [0.25, 0.3) is 0 Å². The van der Waals surface area contributed by atoms with Crippen molar-refractivity contribution >= 4 is 43.5 Å². The van der Waals surface area contributed by atoms with Crippen molar-refractivity contribution in [2.24, 2.45) is 0 Å². The standard InChI is InChI=1S/C13H10Br2N2O/c1-8-6-9(14)2-4-11(8)17-13(18)12-5-3-10(15)7-16-12/h2-7H,1H3,(H,17,18). The maximum atomic E-state index is 12.0. The van der Waals surface area contributed by atoms with E-state index < -0.39 is 0 Å². The lowest BCUT2D eigenvalue weighted by molar-refractivity contribution is 0.102. The van der Waals surface area contributed by atoms with Gasteiger partial charge < -0.3 is 5.32 Å². The largest absolute Gasteiger partial charge is 0.320 e. The number of nitrogens with one attached hydrogen (secondary N) is 1. The van der Waals surface area contributed by atoms with Crippen molar-refractivity contribution in [3.8, 4) is 0 Å². The highest BCUT2D eigenvalue weighted by molar-refractivity contribution is 9.10. The van der Waals surface area contributed by atoms with Gasteiger partial charge in [-0.1, -0.05) is 15.9 Å². The summed E-state index contributed by atoms with van der Waals surface area (Å²) in [4.78, 5) is 16.0. The summed E-state index contributed by atoms with van der Waals surface area (Å²) >= 11 is 6.67. The molecule has 0 atom stereocenters. The number of hydrogen-bond donors (Lipinski definition) is 1. The van der Waals surface area contributed by atoms with E-state index in [0.29, 0.717) is 5.69 Å². The van der Waals surface area contributed by atoms with Crippen LogP contribution in [0.1, 0.15) is 16.1 Å². The summed E-state index contributed by atoms with van der Waals surface area (Å²) in [6, 6.07) is 9.16. The average Bonchev–Trinajstić information content (AvgIpc) is 2.33. The minimum Gasteiger partial charge on any atom is -0.320 e. The molecule has 1 amide bonds. The summed E-state index contributed by atoms with van der Waals surface area (Å²) in [5.41, 5.74) is 2.17. The molecule has 92 valence electrons. The number of amides is 1. The van der Waals surface area contributed by atoms with Gasteiger partial charge in [0.05, 0.1) is 0 Å². The van der Waals surface area contributed by atoms with Crippen LogP contribution < -0.4 is 5.32 Å². The van der Waals surface area contributed by atoms with Crippen molar-refractivity contribution in [3.63, 3.8) is 0 Å². The second kappa shape index (κ2) is 5.63. The normalized spacial score (nSPS) is 10.2. The van der Waals surface area contributed by atoms with Gasteiger partial charge in [-0.2, -0.15) is 0 Å². The fourth-order valence-electron chi connectivity index (χ4n) is 1.46. The molecule has 1 aromatic heterocycles. The lowest BCUT2D eigenvalue weighted by Gasteiger charge is -2.08. The van der Waals surface area contributed by atoms with E-state index in [1.807, 2.05) is 25.1 Å². The zero-order valence-electron chi connectivity index (χ0n) is 9.58. The van der Waals surface area contributed by atoms with Gasteiger partial charge in [0.1, 0.15) is 5.69 Å². The molecule has 2 aromatic rings. The molecule has 0 spiro atoms. The third-order valence-electron chi connectivity index (χ3n) is 2.40. The predicted octanol–water partition coefficient (Wildman–Crippen LogP) is 4.17. The SMILES string of the molecule is Cc1cc(Br)ccc1NC(=O)c1ccc(Br)cn1. The number of aromatic nitrogens is 1. The van der Waals surface area contributed by atoms with E-state index >= 15 is 0 Å². The maximum Gasteiger partial charge on any atom is 0.274 e. The van der Waals surface area contributed by atoms with Crippen LogP contribution in [0, 0.1) is 6.92 Å². The van der Waals surface area contributed by atoms with Crippen LogP contribution in [0.4, 0.5) is 5.69 Å². The fraction of sp³-hybridized carbons (Fsp3) is 0.0769. The Bertz CT molecular complexity index is 582.